The van der Waals surface area contributed by atoms with Crippen molar-refractivity contribution in [2.75, 3.05) is 24.8 Å². The van der Waals surface area contributed by atoms with Crippen LogP contribution in [0.3, 0.4) is 0 Å². The minimum atomic E-state index is -4.61. The van der Waals surface area contributed by atoms with Gasteiger partial charge >= 0.3 is 12.1 Å². The molecule has 0 fully saturated rings. The van der Waals surface area contributed by atoms with E-state index in [-0.39, 0.29) is 28.0 Å². The summed E-state index contributed by atoms with van der Waals surface area (Å²) in [6, 6.07) is 2.43. The number of hydrogen-bond acceptors (Lipinski definition) is 6. The molecular formula is C14H12ClF3N4O3. The molecule has 0 atom stereocenters. The molecule has 0 saturated carbocycles. The van der Waals surface area contributed by atoms with Crippen LogP contribution < -0.4 is 15.4 Å². The summed E-state index contributed by atoms with van der Waals surface area (Å²) in [5.74, 6) is -1.81. The van der Waals surface area contributed by atoms with E-state index in [9.17, 15) is 18.0 Å². The van der Waals surface area contributed by atoms with Crippen LogP contribution in [0.15, 0.2) is 18.3 Å². The third-order valence-corrected chi connectivity index (χ3v) is 3.41. The predicted molar refractivity (Wildman–Crippen MR) is 84.8 cm³/mol. The van der Waals surface area contributed by atoms with Gasteiger partial charge in [0.1, 0.15) is 22.7 Å². The third kappa shape index (κ3) is 4.02. The Morgan fingerprint density at radius 3 is 2.56 bits per heavy atom. The van der Waals surface area contributed by atoms with Crippen molar-refractivity contribution in [1.29, 1.82) is 0 Å². The van der Waals surface area contributed by atoms with Crippen molar-refractivity contribution in [2.45, 2.75) is 6.18 Å². The monoisotopic (exact) mass is 376 g/mol. The van der Waals surface area contributed by atoms with Crippen LogP contribution in [0, 0.1) is 0 Å². The summed E-state index contributed by atoms with van der Waals surface area (Å²) in [4.78, 5) is 18.5. The topological polar surface area (TPSA) is 96.4 Å². The number of anilines is 3. The fourth-order valence-corrected chi connectivity index (χ4v) is 2.16. The van der Waals surface area contributed by atoms with Crippen molar-refractivity contribution in [3.63, 3.8) is 0 Å². The normalized spacial score (nSPS) is 11.1. The molecule has 0 aliphatic heterocycles. The SMILES string of the molecule is CNc1nc(Nc2cc(OC)c(C(=O)O)cc2Cl)ncc1C(F)(F)F. The first-order valence-corrected chi connectivity index (χ1v) is 7.05. The number of carboxylic acids is 1. The molecule has 0 unspecified atom stereocenters. The summed E-state index contributed by atoms with van der Waals surface area (Å²) in [5, 5.41) is 14.1. The molecule has 1 aromatic heterocycles. The van der Waals surface area contributed by atoms with Gasteiger partial charge in [0.05, 0.1) is 17.8 Å². The minimum Gasteiger partial charge on any atom is -0.496 e. The zero-order valence-electron chi connectivity index (χ0n) is 12.9. The van der Waals surface area contributed by atoms with Crippen LogP contribution in [0.25, 0.3) is 0 Å². The lowest BCUT2D eigenvalue weighted by molar-refractivity contribution is -0.137. The van der Waals surface area contributed by atoms with Crippen LogP contribution in [0.5, 0.6) is 5.75 Å². The molecule has 0 aliphatic carbocycles. The molecule has 25 heavy (non-hydrogen) atoms. The number of methoxy groups -OCH3 is 1. The van der Waals surface area contributed by atoms with Crippen LogP contribution in [0.4, 0.5) is 30.6 Å². The molecule has 0 amide bonds. The molecule has 7 nitrogen and oxygen atoms in total. The van der Waals surface area contributed by atoms with Crippen LogP contribution in [0.1, 0.15) is 15.9 Å². The van der Waals surface area contributed by atoms with E-state index in [2.05, 4.69) is 20.6 Å². The molecule has 134 valence electrons. The first kappa shape index (κ1) is 18.6. The first-order valence-electron chi connectivity index (χ1n) is 6.67. The number of alkyl halides is 3. The number of aromatic nitrogens is 2. The standard InChI is InChI=1S/C14H12ClF3N4O3/c1-19-11-7(14(16,17)18)5-20-13(22-11)21-9-4-10(25-2)6(12(23)24)3-8(9)15/h3-5H,1-2H3,(H,23,24)(H2,19,20,21,22). The fraction of sp³-hybridized carbons (Fsp3) is 0.214. The second-order valence-electron chi connectivity index (χ2n) is 4.67. The lowest BCUT2D eigenvalue weighted by Crippen LogP contribution is -2.12. The Morgan fingerprint density at radius 2 is 2.04 bits per heavy atom. The average molecular weight is 377 g/mol. The number of carbonyl (C=O) groups is 1. The summed E-state index contributed by atoms with van der Waals surface area (Å²) >= 11 is 6.00. The van der Waals surface area contributed by atoms with Gasteiger partial charge in [-0.3, -0.25) is 0 Å². The van der Waals surface area contributed by atoms with E-state index in [0.717, 1.165) is 6.07 Å². The van der Waals surface area contributed by atoms with Crippen molar-refractivity contribution in [2.24, 2.45) is 0 Å². The van der Waals surface area contributed by atoms with Gasteiger partial charge in [0.25, 0.3) is 0 Å². The Labute approximate surface area is 144 Å². The van der Waals surface area contributed by atoms with E-state index in [1.54, 1.807) is 0 Å². The van der Waals surface area contributed by atoms with Gasteiger partial charge in [0.15, 0.2) is 0 Å². The number of ether oxygens (including phenoxy) is 1. The van der Waals surface area contributed by atoms with Gasteiger partial charge < -0.3 is 20.5 Å². The zero-order valence-corrected chi connectivity index (χ0v) is 13.7. The second-order valence-corrected chi connectivity index (χ2v) is 5.07. The average Bonchev–Trinajstić information content (AvgIpc) is 2.54. The second kappa shape index (κ2) is 7.01. The lowest BCUT2D eigenvalue weighted by atomic mass is 10.2. The van der Waals surface area contributed by atoms with Gasteiger partial charge in [-0.05, 0) is 6.07 Å². The minimum absolute atomic E-state index is 0.00713. The Hall–Kier alpha value is -2.75. The highest BCUT2D eigenvalue weighted by atomic mass is 35.5. The van der Waals surface area contributed by atoms with Crippen molar-refractivity contribution in [3.8, 4) is 5.75 Å². The van der Waals surface area contributed by atoms with E-state index < -0.39 is 23.5 Å². The smallest absolute Gasteiger partial charge is 0.421 e. The largest absolute Gasteiger partial charge is 0.496 e. The van der Waals surface area contributed by atoms with Crippen molar-refractivity contribution >= 4 is 35.0 Å². The number of rotatable bonds is 5. The van der Waals surface area contributed by atoms with Gasteiger partial charge in [0, 0.05) is 19.3 Å². The van der Waals surface area contributed by atoms with Crippen LogP contribution in [-0.4, -0.2) is 35.2 Å². The quantitative estimate of drug-likeness (QED) is 0.733. The highest BCUT2D eigenvalue weighted by molar-refractivity contribution is 6.33. The molecule has 1 aromatic carbocycles. The maximum absolute atomic E-state index is 12.8. The third-order valence-electron chi connectivity index (χ3n) is 3.10. The lowest BCUT2D eigenvalue weighted by Gasteiger charge is -2.14. The summed E-state index contributed by atoms with van der Waals surface area (Å²) < 4.78 is 43.5. The number of aromatic carboxylic acids is 1. The van der Waals surface area contributed by atoms with Crippen LogP contribution in [-0.2, 0) is 6.18 Å². The summed E-state index contributed by atoms with van der Waals surface area (Å²) in [7, 11) is 2.56. The fourth-order valence-electron chi connectivity index (χ4n) is 1.95. The van der Waals surface area contributed by atoms with E-state index in [0.29, 0.717) is 6.20 Å². The van der Waals surface area contributed by atoms with Crippen molar-refractivity contribution in [1.82, 2.24) is 9.97 Å². The highest BCUT2D eigenvalue weighted by Gasteiger charge is 2.35. The number of hydrogen-bond donors (Lipinski definition) is 3. The molecular weight excluding hydrogens is 365 g/mol. The van der Waals surface area contributed by atoms with Crippen molar-refractivity contribution in [3.05, 3.63) is 34.5 Å². The maximum atomic E-state index is 12.8. The van der Waals surface area contributed by atoms with E-state index in [1.807, 2.05) is 0 Å². The molecule has 0 bridgehead atoms. The molecule has 0 aliphatic rings. The Bertz CT molecular complexity index is 815. The molecule has 11 heteroatoms. The number of halogens is 4. The molecule has 0 spiro atoms. The van der Waals surface area contributed by atoms with E-state index >= 15 is 0 Å². The Morgan fingerprint density at radius 1 is 1.36 bits per heavy atom. The van der Waals surface area contributed by atoms with Gasteiger partial charge in [-0.1, -0.05) is 11.6 Å². The zero-order chi connectivity index (χ0) is 18.8. The molecule has 0 radical (unpaired) electrons. The van der Waals surface area contributed by atoms with E-state index in [4.69, 9.17) is 21.4 Å². The molecule has 0 saturated heterocycles. The number of nitrogens with zero attached hydrogens (tertiary/aromatic N) is 2. The summed E-state index contributed by atoms with van der Waals surface area (Å²) in [5.41, 5.74) is -1.02. The van der Waals surface area contributed by atoms with Gasteiger partial charge in [-0.25, -0.2) is 9.78 Å². The van der Waals surface area contributed by atoms with Crippen LogP contribution in [0.2, 0.25) is 5.02 Å². The molecule has 1 heterocycles. The Kier molecular flexibility index (Phi) is 5.21. The van der Waals surface area contributed by atoms with Crippen molar-refractivity contribution < 1.29 is 27.8 Å². The first-order chi connectivity index (χ1) is 11.7. The molecule has 2 aromatic rings. The summed E-state index contributed by atoms with van der Waals surface area (Å²) in [6.07, 6.45) is -3.99. The summed E-state index contributed by atoms with van der Waals surface area (Å²) in [6.45, 7) is 0. The van der Waals surface area contributed by atoms with Gasteiger partial charge in [-0.15, -0.1) is 0 Å². The van der Waals surface area contributed by atoms with Gasteiger partial charge in [0.2, 0.25) is 5.95 Å². The van der Waals surface area contributed by atoms with Crippen LogP contribution >= 0.6 is 11.6 Å². The molecule has 2 rings (SSSR count). The van der Waals surface area contributed by atoms with E-state index in [1.165, 1.54) is 20.2 Å². The Balaban J connectivity index is 2.41. The highest BCUT2D eigenvalue weighted by Crippen LogP contribution is 2.35. The van der Waals surface area contributed by atoms with Gasteiger partial charge in [-0.2, -0.15) is 18.2 Å². The number of benzene rings is 1. The molecule has 3 N–H and O–H groups in total. The predicted octanol–water partition coefficient (Wildman–Crippen LogP) is 3.64. The number of nitrogens with one attached hydrogen (secondary N) is 2. The maximum Gasteiger partial charge on any atom is 0.421 e. The number of carboxylic acid groups (broad SMARTS) is 1.